The van der Waals surface area contributed by atoms with Crippen LogP contribution in [0.15, 0.2) is 0 Å². The van der Waals surface area contributed by atoms with Crippen LogP contribution in [0.4, 0.5) is 0 Å². The molecule has 0 radical (unpaired) electrons. The lowest BCUT2D eigenvalue weighted by Gasteiger charge is -2.46. The predicted octanol–water partition coefficient (Wildman–Crippen LogP) is 6.29. The minimum absolute atomic E-state index is 0.237. The average molecular weight is 309 g/mol. The molecule has 4 heteroatoms. The summed E-state index contributed by atoms with van der Waals surface area (Å²) in [4.78, 5) is 0. The molecule has 110 valence electrons. The Morgan fingerprint density at radius 2 is 1.33 bits per heavy atom. The Balaban J connectivity index is 5.26. The number of halogens is 1. The van der Waals surface area contributed by atoms with Gasteiger partial charge in [-0.1, -0.05) is 61.3 Å². The van der Waals surface area contributed by atoms with Gasteiger partial charge in [0.1, 0.15) is 0 Å². The number of hydrogen-bond acceptors (Lipinski definition) is 1. The standard InChI is InChI=1S/C14H33ClOSi2/c1-10-12(3)18(15,13(4)11-2)16-17(8,9)14(5,6)7/h12-13H,10-11H2,1-9H3. The Morgan fingerprint density at radius 1 is 1.00 bits per heavy atom. The van der Waals surface area contributed by atoms with Crippen molar-refractivity contribution < 1.29 is 4.12 Å². The van der Waals surface area contributed by atoms with E-state index >= 15 is 0 Å². The van der Waals surface area contributed by atoms with Gasteiger partial charge in [0.25, 0.3) is 7.63 Å². The Kier molecular flexibility index (Phi) is 6.67. The van der Waals surface area contributed by atoms with E-state index in [0.717, 1.165) is 12.8 Å². The molecule has 0 rings (SSSR count). The first kappa shape index (κ1) is 18.7. The van der Waals surface area contributed by atoms with Crippen molar-refractivity contribution in [2.24, 2.45) is 0 Å². The van der Waals surface area contributed by atoms with E-state index in [2.05, 4.69) is 61.6 Å². The van der Waals surface area contributed by atoms with E-state index in [9.17, 15) is 0 Å². The topological polar surface area (TPSA) is 9.23 Å². The van der Waals surface area contributed by atoms with Crippen molar-refractivity contribution in [1.82, 2.24) is 0 Å². The minimum Gasteiger partial charge on any atom is -0.444 e. The molecule has 0 aromatic rings. The van der Waals surface area contributed by atoms with Crippen LogP contribution in [0, 0.1) is 0 Å². The zero-order chi connectivity index (χ0) is 14.8. The molecule has 0 saturated heterocycles. The van der Waals surface area contributed by atoms with Crippen LogP contribution in [-0.2, 0) is 4.12 Å². The van der Waals surface area contributed by atoms with Crippen molar-refractivity contribution in [3.05, 3.63) is 0 Å². The zero-order valence-corrected chi connectivity index (χ0v) is 16.6. The highest BCUT2D eigenvalue weighted by molar-refractivity contribution is 7.20. The molecular formula is C14H33ClOSi2. The van der Waals surface area contributed by atoms with E-state index < -0.39 is 15.9 Å². The molecule has 0 aliphatic heterocycles. The first-order valence-electron chi connectivity index (χ1n) is 7.31. The lowest BCUT2D eigenvalue weighted by molar-refractivity contribution is 0.459. The van der Waals surface area contributed by atoms with Crippen LogP contribution in [0.3, 0.4) is 0 Å². The summed E-state index contributed by atoms with van der Waals surface area (Å²) < 4.78 is 6.74. The van der Waals surface area contributed by atoms with E-state index in [-0.39, 0.29) is 5.04 Å². The van der Waals surface area contributed by atoms with E-state index in [1.807, 2.05) is 0 Å². The van der Waals surface area contributed by atoms with Crippen LogP contribution >= 0.6 is 11.1 Å². The van der Waals surface area contributed by atoms with Gasteiger partial charge in [0.15, 0.2) is 8.32 Å². The summed E-state index contributed by atoms with van der Waals surface area (Å²) in [5.41, 5.74) is 1.03. The Morgan fingerprint density at radius 3 is 1.56 bits per heavy atom. The molecule has 1 nitrogen and oxygen atoms in total. The summed E-state index contributed by atoms with van der Waals surface area (Å²) in [7, 11) is -3.94. The smallest absolute Gasteiger partial charge is 0.285 e. The maximum Gasteiger partial charge on any atom is 0.285 e. The van der Waals surface area contributed by atoms with Crippen LogP contribution in [0.25, 0.3) is 0 Å². The largest absolute Gasteiger partial charge is 0.444 e. The molecule has 18 heavy (non-hydrogen) atoms. The minimum atomic E-state index is -2.17. The molecular weight excluding hydrogens is 276 g/mol. The average Bonchev–Trinajstić information content (AvgIpc) is 2.24. The number of hydrogen-bond donors (Lipinski definition) is 0. The summed E-state index contributed by atoms with van der Waals surface area (Å²) in [6, 6.07) is 0. The van der Waals surface area contributed by atoms with Gasteiger partial charge < -0.3 is 4.12 Å². The fourth-order valence-corrected chi connectivity index (χ4v) is 12.5. The van der Waals surface area contributed by atoms with Crippen molar-refractivity contribution in [2.75, 3.05) is 0 Å². The van der Waals surface area contributed by atoms with E-state index in [1.165, 1.54) is 0 Å². The summed E-state index contributed by atoms with van der Waals surface area (Å²) in [6.07, 6.45) is 2.24. The van der Waals surface area contributed by atoms with Crippen LogP contribution in [0.1, 0.15) is 61.3 Å². The number of rotatable bonds is 6. The molecule has 0 N–H and O–H groups in total. The van der Waals surface area contributed by atoms with Crippen molar-refractivity contribution >= 4 is 27.0 Å². The van der Waals surface area contributed by atoms with Gasteiger partial charge in [-0.3, -0.25) is 0 Å². The van der Waals surface area contributed by atoms with Crippen molar-refractivity contribution in [3.63, 3.8) is 0 Å². The van der Waals surface area contributed by atoms with Crippen LogP contribution in [-0.4, -0.2) is 15.9 Å². The first-order chi connectivity index (χ1) is 7.92. The van der Waals surface area contributed by atoms with Gasteiger partial charge in [0, 0.05) is 0 Å². The molecule has 0 saturated carbocycles. The molecule has 2 unspecified atom stereocenters. The van der Waals surface area contributed by atoms with Crippen molar-refractivity contribution in [1.29, 1.82) is 0 Å². The fourth-order valence-electron chi connectivity index (χ4n) is 1.79. The monoisotopic (exact) mass is 308 g/mol. The predicted molar refractivity (Wildman–Crippen MR) is 89.3 cm³/mol. The van der Waals surface area contributed by atoms with Crippen molar-refractivity contribution in [3.8, 4) is 0 Å². The molecule has 0 heterocycles. The van der Waals surface area contributed by atoms with Crippen LogP contribution in [0.5, 0.6) is 0 Å². The third-order valence-electron chi connectivity index (χ3n) is 4.79. The van der Waals surface area contributed by atoms with Crippen molar-refractivity contribution in [2.45, 2.75) is 90.5 Å². The summed E-state index contributed by atoms with van der Waals surface area (Å²) in [5, 5.41) is 0.237. The highest BCUT2D eigenvalue weighted by Crippen LogP contribution is 2.47. The highest BCUT2D eigenvalue weighted by Gasteiger charge is 2.50. The zero-order valence-electron chi connectivity index (χ0n) is 13.9. The maximum absolute atomic E-state index is 7.08. The van der Waals surface area contributed by atoms with Gasteiger partial charge in [0.05, 0.1) is 0 Å². The fraction of sp³-hybridized carbons (Fsp3) is 1.00. The summed E-state index contributed by atoms with van der Waals surface area (Å²) in [5.74, 6) is 0. The highest BCUT2D eigenvalue weighted by atomic mass is 35.6. The van der Waals surface area contributed by atoms with Gasteiger partial charge >= 0.3 is 0 Å². The van der Waals surface area contributed by atoms with E-state index in [0.29, 0.717) is 11.1 Å². The van der Waals surface area contributed by atoms with Gasteiger partial charge in [-0.2, -0.15) is 0 Å². The Hall–Kier alpha value is 0.684. The molecule has 0 amide bonds. The quantitative estimate of drug-likeness (QED) is 0.414. The maximum atomic E-state index is 7.08. The molecule has 0 aromatic heterocycles. The van der Waals surface area contributed by atoms with Gasteiger partial charge in [0.2, 0.25) is 0 Å². The molecule has 0 spiro atoms. The second-order valence-electron chi connectivity index (χ2n) is 7.18. The molecule has 0 aromatic carbocycles. The van der Waals surface area contributed by atoms with Gasteiger partial charge in [-0.15, -0.1) is 11.1 Å². The Bertz CT molecular complexity index is 251. The second-order valence-corrected chi connectivity index (χ2v) is 17.7. The van der Waals surface area contributed by atoms with E-state index in [4.69, 9.17) is 15.2 Å². The SMILES string of the molecule is CCC(C)[Si](Cl)(O[Si](C)(C)C(C)(C)C)C(C)CC. The lowest BCUT2D eigenvalue weighted by Crippen LogP contribution is -2.53. The van der Waals surface area contributed by atoms with Crippen LogP contribution < -0.4 is 0 Å². The molecule has 0 bridgehead atoms. The Labute approximate surface area is 122 Å². The molecule has 2 atom stereocenters. The summed E-state index contributed by atoms with van der Waals surface area (Å²) >= 11 is 7.08. The normalized spacial score (nSPS) is 20.3. The van der Waals surface area contributed by atoms with E-state index in [1.54, 1.807) is 0 Å². The molecule has 0 aliphatic carbocycles. The van der Waals surface area contributed by atoms with Gasteiger partial charge in [-0.25, -0.2) is 0 Å². The molecule has 0 aliphatic rings. The van der Waals surface area contributed by atoms with Crippen LogP contribution in [0.2, 0.25) is 29.2 Å². The third kappa shape index (κ3) is 4.09. The second kappa shape index (κ2) is 6.42. The third-order valence-corrected chi connectivity index (χ3v) is 18.1. The molecule has 0 fully saturated rings. The summed E-state index contributed by atoms with van der Waals surface area (Å²) in [6.45, 7) is 20.5. The lowest BCUT2D eigenvalue weighted by atomic mass is 10.2. The first-order valence-corrected chi connectivity index (χ1v) is 13.3. The van der Waals surface area contributed by atoms with Gasteiger partial charge in [-0.05, 0) is 29.2 Å².